The van der Waals surface area contributed by atoms with Gasteiger partial charge in [0, 0.05) is 28.2 Å². The molecular weight excluding hydrogens is 417 g/mol. The van der Waals surface area contributed by atoms with Crippen LogP contribution in [-0.2, 0) is 21.4 Å². The van der Waals surface area contributed by atoms with Crippen molar-refractivity contribution < 1.29 is 13.2 Å². The number of aromatic nitrogens is 1. The number of benzene rings is 1. The highest BCUT2D eigenvalue weighted by Crippen LogP contribution is 2.22. The number of sulfonamides is 1. The van der Waals surface area contributed by atoms with Gasteiger partial charge in [0.1, 0.15) is 6.04 Å². The van der Waals surface area contributed by atoms with Crippen LogP contribution in [0.2, 0.25) is 10.0 Å². The van der Waals surface area contributed by atoms with Crippen LogP contribution in [0.3, 0.4) is 0 Å². The predicted octanol–water partition coefficient (Wildman–Crippen LogP) is 2.76. The van der Waals surface area contributed by atoms with Crippen molar-refractivity contribution in [2.45, 2.75) is 25.4 Å². The van der Waals surface area contributed by atoms with Crippen molar-refractivity contribution in [3.8, 4) is 0 Å². The number of amides is 1. The van der Waals surface area contributed by atoms with E-state index in [0.29, 0.717) is 40.8 Å². The third-order valence-electron chi connectivity index (χ3n) is 4.14. The van der Waals surface area contributed by atoms with Gasteiger partial charge in [-0.1, -0.05) is 29.3 Å². The van der Waals surface area contributed by atoms with Crippen LogP contribution in [0.15, 0.2) is 34.8 Å². The van der Waals surface area contributed by atoms with E-state index in [-0.39, 0.29) is 0 Å². The van der Waals surface area contributed by atoms with Crippen LogP contribution >= 0.6 is 34.5 Å². The van der Waals surface area contributed by atoms with Crippen LogP contribution in [0, 0.1) is 0 Å². The zero-order valence-electron chi connectivity index (χ0n) is 13.9. The first-order valence-electron chi connectivity index (χ1n) is 7.89. The minimum atomic E-state index is -3.42. The van der Waals surface area contributed by atoms with E-state index in [1.807, 2.05) is 17.6 Å². The lowest BCUT2D eigenvalue weighted by atomic mass is 10.2. The SMILES string of the molecule is CS(=O)(=O)N1CCCC1C(=O)N=c1sccn1Cc1ccc(Cl)cc1Cl. The Bertz CT molecular complexity index is 998. The lowest BCUT2D eigenvalue weighted by molar-refractivity contribution is -0.121. The topological polar surface area (TPSA) is 71.7 Å². The molecule has 26 heavy (non-hydrogen) atoms. The lowest BCUT2D eigenvalue weighted by Gasteiger charge is -2.18. The maximum atomic E-state index is 12.6. The Morgan fingerprint density at radius 1 is 1.38 bits per heavy atom. The number of halogens is 2. The van der Waals surface area contributed by atoms with Crippen LogP contribution in [0.5, 0.6) is 0 Å². The molecule has 1 amide bonds. The minimum Gasteiger partial charge on any atom is -0.319 e. The van der Waals surface area contributed by atoms with Crippen LogP contribution in [0.1, 0.15) is 18.4 Å². The highest BCUT2D eigenvalue weighted by atomic mass is 35.5. The number of nitrogens with zero attached hydrogens (tertiary/aromatic N) is 3. The molecule has 0 spiro atoms. The summed E-state index contributed by atoms with van der Waals surface area (Å²) < 4.78 is 26.7. The molecule has 3 rings (SSSR count). The second-order valence-electron chi connectivity index (χ2n) is 6.03. The molecule has 2 heterocycles. The Morgan fingerprint density at radius 3 is 2.85 bits per heavy atom. The number of carbonyl (C=O) groups excluding carboxylic acids is 1. The number of hydrogen-bond donors (Lipinski definition) is 0. The van der Waals surface area contributed by atoms with Gasteiger partial charge in [0.05, 0.1) is 12.8 Å². The maximum Gasteiger partial charge on any atom is 0.266 e. The minimum absolute atomic E-state index is 0.357. The standard InChI is InChI=1S/C16H17Cl2N3O3S2/c1-26(23,24)21-6-2-3-14(21)15(22)19-16-20(7-8-25-16)10-11-4-5-12(17)9-13(11)18/h4-5,7-9,14H,2-3,6,10H2,1H3. The molecule has 1 aliphatic heterocycles. The maximum absolute atomic E-state index is 12.6. The fourth-order valence-corrected chi connectivity index (χ4v) is 5.21. The molecular formula is C16H17Cl2N3O3S2. The van der Waals surface area contributed by atoms with Crippen molar-refractivity contribution in [2.75, 3.05) is 12.8 Å². The lowest BCUT2D eigenvalue weighted by Crippen LogP contribution is -2.39. The Kier molecular flexibility index (Phi) is 5.88. The molecule has 1 saturated heterocycles. The van der Waals surface area contributed by atoms with E-state index in [1.165, 1.54) is 15.6 Å². The number of hydrogen-bond acceptors (Lipinski definition) is 4. The molecule has 2 aromatic rings. The second kappa shape index (κ2) is 7.82. The Hall–Kier alpha value is -1.19. The average molecular weight is 434 g/mol. The second-order valence-corrected chi connectivity index (χ2v) is 9.68. The number of thiazole rings is 1. The third-order valence-corrected chi connectivity index (χ3v) is 6.81. The van der Waals surface area contributed by atoms with E-state index in [0.717, 1.165) is 11.8 Å². The molecule has 1 fully saturated rings. The molecule has 1 aromatic carbocycles. The van der Waals surface area contributed by atoms with Crippen LogP contribution in [-0.4, -0.2) is 42.0 Å². The summed E-state index contributed by atoms with van der Waals surface area (Å²) >= 11 is 13.4. The van der Waals surface area contributed by atoms with Gasteiger partial charge >= 0.3 is 0 Å². The number of carbonyl (C=O) groups is 1. The Labute approximate surface area is 165 Å². The van der Waals surface area contributed by atoms with Crippen molar-refractivity contribution in [1.29, 1.82) is 0 Å². The van der Waals surface area contributed by atoms with Gasteiger partial charge in [0.15, 0.2) is 4.80 Å². The van der Waals surface area contributed by atoms with E-state index in [1.54, 1.807) is 16.7 Å². The van der Waals surface area contributed by atoms with Crippen LogP contribution in [0.4, 0.5) is 0 Å². The first-order valence-corrected chi connectivity index (χ1v) is 11.4. The van der Waals surface area contributed by atoms with Gasteiger partial charge in [-0.25, -0.2) is 8.42 Å². The summed E-state index contributed by atoms with van der Waals surface area (Å²) in [6, 6.07) is 4.51. The summed E-state index contributed by atoms with van der Waals surface area (Å²) in [5.41, 5.74) is 0.849. The normalized spacial score (nSPS) is 19.2. The molecule has 0 radical (unpaired) electrons. The van der Waals surface area contributed by atoms with E-state index >= 15 is 0 Å². The molecule has 140 valence electrons. The van der Waals surface area contributed by atoms with Gasteiger partial charge in [0.2, 0.25) is 10.0 Å². The van der Waals surface area contributed by atoms with E-state index < -0.39 is 22.0 Å². The van der Waals surface area contributed by atoms with E-state index in [4.69, 9.17) is 23.2 Å². The molecule has 0 bridgehead atoms. The summed E-state index contributed by atoms with van der Waals surface area (Å²) in [6.07, 6.45) is 4.07. The van der Waals surface area contributed by atoms with Gasteiger partial charge in [-0.2, -0.15) is 9.30 Å². The summed E-state index contributed by atoms with van der Waals surface area (Å²) in [4.78, 5) is 17.2. The average Bonchev–Trinajstić information content (AvgIpc) is 3.19. The zero-order chi connectivity index (χ0) is 18.9. The van der Waals surface area contributed by atoms with Crippen LogP contribution in [0.25, 0.3) is 0 Å². The first kappa shape index (κ1) is 19.6. The van der Waals surface area contributed by atoms with Gasteiger partial charge in [-0.05, 0) is 30.5 Å². The molecule has 6 nitrogen and oxygen atoms in total. The molecule has 1 aromatic heterocycles. The highest BCUT2D eigenvalue weighted by Gasteiger charge is 2.36. The van der Waals surface area contributed by atoms with Crippen molar-refractivity contribution >= 4 is 50.5 Å². The highest BCUT2D eigenvalue weighted by molar-refractivity contribution is 7.88. The largest absolute Gasteiger partial charge is 0.319 e. The smallest absolute Gasteiger partial charge is 0.266 e. The Morgan fingerprint density at radius 2 is 2.15 bits per heavy atom. The van der Waals surface area contributed by atoms with Gasteiger partial charge in [-0.15, -0.1) is 11.3 Å². The van der Waals surface area contributed by atoms with Crippen molar-refractivity contribution in [1.82, 2.24) is 8.87 Å². The monoisotopic (exact) mass is 433 g/mol. The summed E-state index contributed by atoms with van der Waals surface area (Å²) in [5.74, 6) is -0.439. The Balaban J connectivity index is 1.86. The molecule has 1 aliphatic rings. The summed E-state index contributed by atoms with van der Waals surface area (Å²) in [6.45, 7) is 0.793. The van der Waals surface area contributed by atoms with E-state index in [9.17, 15) is 13.2 Å². The van der Waals surface area contributed by atoms with Crippen molar-refractivity contribution in [3.05, 3.63) is 50.2 Å². The quantitative estimate of drug-likeness (QED) is 0.743. The first-order chi connectivity index (χ1) is 12.3. The molecule has 1 atom stereocenters. The zero-order valence-corrected chi connectivity index (χ0v) is 17.1. The van der Waals surface area contributed by atoms with E-state index in [2.05, 4.69) is 4.99 Å². The predicted molar refractivity (Wildman–Crippen MR) is 103 cm³/mol. The van der Waals surface area contributed by atoms with Crippen LogP contribution < -0.4 is 4.80 Å². The van der Waals surface area contributed by atoms with Gasteiger partial charge in [-0.3, -0.25) is 4.79 Å². The summed E-state index contributed by atoms with van der Waals surface area (Å²) in [5, 5.41) is 2.91. The fourth-order valence-electron chi connectivity index (χ4n) is 2.89. The third kappa shape index (κ3) is 4.37. The number of rotatable bonds is 4. The fraction of sp³-hybridized carbons (Fsp3) is 0.375. The van der Waals surface area contributed by atoms with Gasteiger partial charge in [0.25, 0.3) is 5.91 Å². The van der Waals surface area contributed by atoms with Crippen molar-refractivity contribution in [3.63, 3.8) is 0 Å². The van der Waals surface area contributed by atoms with Gasteiger partial charge < -0.3 is 4.57 Å². The molecule has 1 unspecified atom stereocenters. The molecule has 10 heteroatoms. The molecule has 0 aliphatic carbocycles. The molecule has 0 N–H and O–H groups in total. The van der Waals surface area contributed by atoms with Crippen molar-refractivity contribution in [2.24, 2.45) is 4.99 Å². The summed E-state index contributed by atoms with van der Waals surface area (Å²) in [7, 11) is -3.42. The molecule has 0 saturated carbocycles.